The molecule has 0 radical (unpaired) electrons. The Morgan fingerprint density at radius 3 is 0.984 bits per heavy atom. The lowest BCUT2D eigenvalue weighted by Gasteiger charge is -2.47. The predicted molar refractivity (Wildman–Crippen MR) is 281 cm³/mol. The smallest absolute Gasteiger partial charge is 0.333 e. The van der Waals surface area contributed by atoms with Crippen molar-refractivity contribution < 1.29 is 9.53 Å². The number of nitrogens with one attached hydrogen (secondary N) is 1. The zero-order valence-corrected chi connectivity index (χ0v) is 43.6. The summed E-state index contributed by atoms with van der Waals surface area (Å²) >= 11 is 0. The van der Waals surface area contributed by atoms with Crippen molar-refractivity contribution in [2.75, 3.05) is 26.2 Å². The maximum Gasteiger partial charge on any atom is 0.333 e. The molecule has 0 amide bonds. The van der Waals surface area contributed by atoms with E-state index in [4.69, 9.17) is 4.74 Å². The minimum absolute atomic E-state index is 0.158. The van der Waals surface area contributed by atoms with Crippen molar-refractivity contribution >= 4 is 5.97 Å². The first-order chi connectivity index (χ1) is 31.7. The second kappa shape index (κ2) is 42.1. The zero-order valence-electron chi connectivity index (χ0n) is 43.6. The van der Waals surface area contributed by atoms with Gasteiger partial charge in [-0.3, -0.25) is 0 Å². The lowest BCUT2D eigenvalue weighted by Crippen LogP contribution is -2.46. The Balaban J connectivity index is 1.26. The first-order valence-electron chi connectivity index (χ1n) is 30.0. The highest BCUT2D eigenvalue weighted by molar-refractivity contribution is 5.85. The van der Waals surface area contributed by atoms with Crippen LogP contribution >= 0.6 is 0 Å². The third kappa shape index (κ3) is 31.9. The summed E-state index contributed by atoms with van der Waals surface area (Å²) in [4.78, 5) is 14.3. The van der Waals surface area contributed by atoms with Crippen LogP contribution in [0.2, 0.25) is 0 Å². The van der Waals surface area contributed by atoms with Gasteiger partial charge in [-0.25, -0.2) is 4.79 Å². The lowest BCUT2D eigenvalue weighted by molar-refractivity contribution is -0.135. The number of esters is 1. The molecule has 4 heteroatoms. The van der Waals surface area contributed by atoms with Gasteiger partial charge in [0.05, 0.1) is 5.70 Å². The van der Waals surface area contributed by atoms with Gasteiger partial charge in [0.25, 0.3) is 0 Å². The Hall–Kier alpha value is -1.03. The van der Waals surface area contributed by atoms with Crippen LogP contribution in [-0.4, -0.2) is 43.2 Å². The Morgan fingerprint density at radius 2 is 0.703 bits per heavy atom. The predicted octanol–water partition coefficient (Wildman–Crippen LogP) is 19.2. The number of ether oxygens (including phenoxy) is 1. The summed E-state index contributed by atoms with van der Waals surface area (Å²) in [7, 11) is 0. The van der Waals surface area contributed by atoms with Crippen LogP contribution in [0.5, 0.6) is 0 Å². The zero-order chi connectivity index (χ0) is 45.1. The average Bonchev–Trinajstić information content (AvgIpc) is 3.73. The SMILES string of the molecule is CC1CC2(CCCCCCCCCCCCCCCCCCCCCCCCCCCCCCCCCCCCCCCCCCCCCCCCNCC2)CCN1C1=CC(=O)OC1. The molecule has 64 heavy (non-hydrogen) atoms. The summed E-state index contributed by atoms with van der Waals surface area (Å²) in [5.41, 5.74) is 1.55. The minimum atomic E-state index is -0.158. The molecule has 2 fully saturated rings. The van der Waals surface area contributed by atoms with E-state index in [9.17, 15) is 4.79 Å². The van der Waals surface area contributed by atoms with Gasteiger partial charge in [-0.1, -0.05) is 289 Å². The number of cyclic esters (lactones) is 1. The fourth-order valence-electron chi connectivity index (χ4n) is 12.0. The van der Waals surface area contributed by atoms with Gasteiger partial charge in [0.1, 0.15) is 6.61 Å². The summed E-state index contributed by atoms with van der Waals surface area (Å²) < 4.78 is 5.30. The van der Waals surface area contributed by atoms with Gasteiger partial charge in [0.2, 0.25) is 0 Å². The molecule has 0 bridgehead atoms. The Kier molecular flexibility index (Phi) is 37.7. The molecule has 0 aromatic rings. The highest BCUT2D eigenvalue weighted by Gasteiger charge is 2.38. The fraction of sp³-hybridized carbons (Fsp3) is 0.950. The van der Waals surface area contributed by atoms with E-state index in [-0.39, 0.29) is 5.97 Å². The molecule has 4 nitrogen and oxygen atoms in total. The highest BCUT2D eigenvalue weighted by Crippen LogP contribution is 2.43. The van der Waals surface area contributed by atoms with Gasteiger partial charge in [-0.15, -0.1) is 0 Å². The van der Waals surface area contributed by atoms with Crippen LogP contribution in [0.15, 0.2) is 11.8 Å². The van der Waals surface area contributed by atoms with E-state index in [0.29, 0.717) is 18.1 Å². The lowest BCUT2D eigenvalue weighted by atomic mass is 9.69. The Bertz CT molecular complexity index is 1000. The van der Waals surface area contributed by atoms with E-state index in [1.165, 1.54) is 328 Å². The molecule has 1 spiro atoms. The number of hydrogen-bond acceptors (Lipinski definition) is 4. The molecular weight excluding hydrogens is 781 g/mol. The van der Waals surface area contributed by atoms with E-state index >= 15 is 0 Å². The molecule has 2 unspecified atom stereocenters. The third-order valence-corrected chi connectivity index (χ3v) is 16.3. The molecule has 0 aliphatic carbocycles. The summed E-state index contributed by atoms with van der Waals surface area (Å²) in [6.07, 6.45) is 74.2. The number of carbonyl (C=O) groups is 1. The monoisotopic (exact) mass is 895 g/mol. The van der Waals surface area contributed by atoms with Crippen LogP contribution in [-0.2, 0) is 9.53 Å². The van der Waals surface area contributed by atoms with E-state index in [0.717, 1.165) is 18.8 Å². The number of likely N-dealkylation sites (tertiary alicyclic amines) is 1. The Morgan fingerprint density at radius 1 is 0.406 bits per heavy atom. The van der Waals surface area contributed by atoms with Gasteiger partial charge >= 0.3 is 5.97 Å². The van der Waals surface area contributed by atoms with E-state index in [2.05, 4.69) is 17.1 Å². The molecule has 0 saturated carbocycles. The molecule has 376 valence electrons. The summed E-state index contributed by atoms with van der Waals surface area (Å²) in [6, 6.07) is 0.481. The normalized spacial score (nSPS) is 27.6. The van der Waals surface area contributed by atoms with Crippen molar-refractivity contribution in [1.29, 1.82) is 0 Å². The largest absolute Gasteiger partial charge is 0.456 e. The molecular formula is C60H114N2O2. The highest BCUT2D eigenvalue weighted by atomic mass is 16.5. The topological polar surface area (TPSA) is 41.6 Å². The van der Waals surface area contributed by atoms with E-state index < -0.39 is 0 Å². The standard InChI is InChI=1S/C60H114N2O2/c1-57-55-60(50-53-62(57)58-54-59(63)64-56-58)48-46-44-42-40-38-36-34-32-30-28-26-24-22-20-18-16-14-12-10-8-6-4-2-3-5-7-9-11-13-15-17-19-21-23-25-27-29-31-33-35-37-39-41-43-45-47-51-61-52-49-60/h54,57,61H,2-53,55-56H2,1H3. The summed E-state index contributed by atoms with van der Waals surface area (Å²) in [5.74, 6) is -0.158. The van der Waals surface area contributed by atoms with Crippen molar-refractivity contribution in [3.05, 3.63) is 11.8 Å². The van der Waals surface area contributed by atoms with Gasteiger partial charge in [0.15, 0.2) is 0 Å². The molecule has 2 atom stereocenters. The number of hydrogen-bond donors (Lipinski definition) is 1. The first kappa shape index (κ1) is 57.3. The third-order valence-electron chi connectivity index (χ3n) is 16.3. The van der Waals surface area contributed by atoms with Crippen LogP contribution < -0.4 is 5.32 Å². The number of piperidine rings is 1. The second-order valence-electron chi connectivity index (χ2n) is 22.3. The van der Waals surface area contributed by atoms with Crippen molar-refractivity contribution in [2.45, 2.75) is 334 Å². The van der Waals surface area contributed by atoms with Crippen molar-refractivity contribution in [2.24, 2.45) is 5.41 Å². The summed E-state index contributed by atoms with van der Waals surface area (Å²) in [5, 5.41) is 3.88. The van der Waals surface area contributed by atoms with Gasteiger partial charge < -0.3 is 15.0 Å². The fourth-order valence-corrected chi connectivity index (χ4v) is 12.0. The minimum Gasteiger partial charge on any atom is -0.456 e. The van der Waals surface area contributed by atoms with Crippen molar-refractivity contribution in [1.82, 2.24) is 10.2 Å². The molecule has 3 aliphatic rings. The van der Waals surface area contributed by atoms with Crippen molar-refractivity contribution in [3.8, 4) is 0 Å². The van der Waals surface area contributed by atoms with E-state index in [1.54, 1.807) is 6.08 Å². The maximum absolute atomic E-state index is 11.8. The average molecular weight is 896 g/mol. The molecule has 0 aromatic heterocycles. The molecule has 3 heterocycles. The van der Waals surface area contributed by atoms with Gasteiger partial charge in [0, 0.05) is 18.7 Å². The number of carbonyl (C=O) groups excluding carboxylic acids is 1. The summed E-state index contributed by atoms with van der Waals surface area (Å²) in [6.45, 7) is 6.29. The van der Waals surface area contributed by atoms with Crippen molar-refractivity contribution in [3.63, 3.8) is 0 Å². The molecule has 3 rings (SSSR count). The number of nitrogens with zero attached hydrogens (tertiary/aromatic N) is 1. The van der Waals surface area contributed by atoms with Crippen LogP contribution in [0.1, 0.15) is 328 Å². The van der Waals surface area contributed by atoms with E-state index in [1.807, 2.05) is 0 Å². The molecule has 0 aromatic carbocycles. The Labute approximate surface area is 401 Å². The van der Waals surface area contributed by atoms with Gasteiger partial charge in [-0.2, -0.15) is 0 Å². The second-order valence-corrected chi connectivity index (χ2v) is 22.3. The quantitative estimate of drug-likeness (QED) is 0.266. The van der Waals surface area contributed by atoms with Gasteiger partial charge in [-0.05, 0) is 57.5 Å². The molecule has 1 N–H and O–H groups in total. The van der Waals surface area contributed by atoms with Crippen LogP contribution in [0, 0.1) is 5.41 Å². The molecule has 2 saturated heterocycles. The van der Waals surface area contributed by atoms with Crippen LogP contribution in [0.25, 0.3) is 0 Å². The first-order valence-corrected chi connectivity index (χ1v) is 30.0. The number of rotatable bonds is 1. The maximum atomic E-state index is 11.8. The van der Waals surface area contributed by atoms with Crippen LogP contribution in [0.4, 0.5) is 0 Å². The van der Waals surface area contributed by atoms with Crippen LogP contribution in [0.3, 0.4) is 0 Å². The molecule has 3 aliphatic heterocycles.